The molecular formula is C16H23Br2NO2. The first-order chi connectivity index (χ1) is 9.93. The Morgan fingerprint density at radius 2 is 1.86 bits per heavy atom. The lowest BCUT2D eigenvalue weighted by Crippen LogP contribution is -2.43. The van der Waals surface area contributed by atoms with Crippen LogP contribution in [0.4, 0.5) is 0 Å². The Morgan fingerprint density at radius 3 is 2.38 bits per heavy atom. The van der Waals surface area contributed by atoms with E-state index in [2.05, 4.69) is 44.1 Å². The zero-order valence-electron chi connectivity index (χ0n) is 12.6. The van der Waals surface area contributed by atoms with E-state index in [0.717, 1.165) is 58.4 Å². The summed E-state index contributed by atoms with van der Waals surface area (Å²) < 4.78 is 7.17. The summed E-state index contributed by atoms with van der Waals surface area (Å²) in [5, 5.41) is 13.9. The van der Waals surface area contributed by atoms with Crippen molar-refractivity contribution >= 4 is 31.9 Å². The number of ether oxygens (including phenoxy) is 1. The third-order valence-electron chi connectivity index (χ3n) is 4.25. The molecular weight excluding hydrogens is 398 g/mol. The van der Waals surface area contributed by atoms with Crippen LogP contribution in [-0.4, -0.2) is 24.4 Å². The van der Waals surface area contributed by atoms with Gasteiger partial charge in [0.05, 0.1) is 21.7 Å². The highest BCUT2D eigenvalue weighted by Gasteiger charge is 2.31. The molecule has 1 aliphatic carbocycles. The molecule has 0 amide bonds. The molecule has 0 unspecified atom stereocenters. The molecule has 0 heterocycles. The van der Waals surface area contributed by atoms with Gasteiger partial charge < -0.3 is 15.2 Å². The van der Waals surface area contributed by atoms with Gasteiger partial charge in [0.2, 0.25) is 0 Å². The molecule has 1 aromatic rings. The van der Waals surface area contributed by atoms with Gasteiger partial charge in [-0.2, -0.15) is 0 Å². The summed E-state index contributed by atoms with van der Waals surface area (Å²) in [5.41, 5.74) is 0.621. The van der Waals surface area contributed by atoms with E-state index in [4.69, 9.17) is 4.74 Å². The summed E-state index contributed by atoms with van der Waals surface area (Å²) in [7, 11) is 1.66. The van der Waals surface area contributed by atoms with Crippen molar-refractivity contribution in [3.8, 4) is 5.75 Å². The Balaban J connectivity index is 1.89. The van der Waals surface area contributed by atoms with Gasteiger partial charge in [-0.05, 0) is 81.2 Å². The topological polar surface area (TPSA) is 41.5 Å². The van der Waals surface area contributed by atoms with Gasteiger partial charge in [0, 0.05) is 13.1 Å². The normalized spacial score (nSPS) is 25.9. The standard InChI is InChI=1S/C16H23Br2NO2/c1-11-3-5-16(20,6-4-11)10-19-9-12-7-13(17)15(21-2)14(18)8-12/h7-8,11,19-20H,3-6,9-10H2,1-2H3. The van der Waals surface area contributed by atoms with Crippen molar-refractivity contribution in [1.82, 2.24) is 5.32 Å². The van der Waals surface area contributed by atoms with Crippen molar-refractivity contribution in [3.63, 3.8) is 0 Å². The van der Waals surface area contributed by atoms with Crippen LogP contribution in [0, 0.1) is 5.92 Å². The van der Waals surface area contributed by atoms with Crippen LogP contribution in [0.1, 0.15) is 38.2 Å². The molecule has 0 spiro atoms. The van der Waals surface area contributed by atoms with E-state index >= 15 is 0 Å². The second-order valence-corrected chi connectivity index (χ2v) is 7.81. The minimum Gasteiger partial charge on any atom is -0.494 e. The van der Waals surface area contributed by atoms with Crippen LogP contribution in [0.15, 0.2) is 21.1 Å². The van der Waals surface area contributed by atoms with Crippen LogP contribution in [-0.2, 0) is 6.54 Å². The van der Waals surface area contributed by atoms with Gasteiger partial charge in [0.25, 0.3) is 0 Å². The summed E-state index contributed by atoms with van der Waals surface area (Å²) in [6, 6.07) is 4.09. The average Bonchev–Trinajstić information content (AvgIpc) is 2.42. The lowest BCUT2D eigenvalue weighted by Gasteiger charge is -2.35. The van der Waals surface area contributed by atoms with E-state index in [1.807, 2.05) is 12.1 Å². The fraction of sp³-hybridized carbons (Fsp3) is 0.625. The zero-order valence-corrected chi connectivity index (χ0v) is 15.8. The number of hydrogen-bond donors (Lipinski definition) is 2. The summed E-state index contributed by atoms with van der Waals surface area (Å²) in [6.45, 7) is 3.65. The quantitative estimate of drug-likeness (QED) is 0.747. The van der Waals surface area contributed by atoms with E-state index in [9.17, 15) is 5.11 Å². The summed E-state index contributed by atoms with van der Waals surface area (Å²) in [4.78, 5) is 0. The SMILES string of the molecule is COc1c(Br)cc(CNCC2(O)CCC(C)CC2)cc1Br. The molecule has 0 saturated heterocycles. The van der Waals surface area contributed by atoms with Crippen LogP contribution in [0.5, 0.6) is 5.75 Å². The molecule has 5 heteroatoms. The predicted molar refractivity (Wildman–Crippen MR) is 92.7 cm³/mol. The minimum absolute atomic E-state index is 0.534. The van der Waals surface area contributed by atoms with Crippen LogP contribution in [0.25, 0.3) is 0 Å². The van der Waals surface area contributed by atoms with Crippen LogP contribution in [0.2, 0.25) is 0 Å². The number of methoxy groups -OCH3 is 1. The van der Waals surface area contributed by atoms with Crippen molar-refractivity contribution in [2.24, 2.45) is 5.92 Å². The first-order valence-corrected chi connectivity index (χ1v) is 8.97. The van der Waals surface area contributed by atoms with Crippen LogP contribution >= 0.6 is 31.9 Å². The first-order valence-electron chi connectivity index (χ1n) is 7.38. The fourth-order valence-corrected chi connectivity index (χ4v) is 4.43. The van der Waals surface area contributed by atoms with Crippen molar-refractivity contribution in [2.75, 3.05) is 13.7 Å². The van der Waals surface area contributed by atoms with Gasteiger partial charge >= 0.3 is 0 Å². The molecule has 0 bridgehead atoms. The molecule has 21 heavy (non-hydrogen) atoms. The Kier molecular flexibility index (Phi) is 6.12. The van der Waals surface area contributed by atoms with Crippen LogP contribution < -0.4 is 10.1 Å². The smallest absolute Gasteiger partial charge is 0.147 e. The van der Waals surface area contributed by atoms with Crippen molar-refractivity contribution in [3.05, 3.63) is 26.6 Å². The van der Waals surface area contributed by atoms with E-state index in [0.29, 0.717) is 6.54 Å². The summed E-state index contributed by atoms with van der Waals surface area (Å²) >= 11 is 7.02. The molecule has 0 atom stereocenters. The third-order valence-corrected chi connectivity index (χ3v) is 5.43. The Labute approximate surface area is 143 Å². The van der Waals surface area contributed by atoms with Crippen molar-refractivity contribution in [1.29, 1.82) is 0 Å². The molecule has 1 aromatic carbocycles. The highest BCUT2D eigenvalue weighted by Crippen LogP contribution is 2.34. The monoisotopic (exact) mass is 419 g/mol. The number of rotatable bonds is 5. The molecule has 118 valence electrons. The molecule has 1 aliphatic rings. The largest absolute Gasteiger partial charge is 0.494 e. The molecule has 0 aliphatic heterocycles. The summed E-state index contributed by atoms with van der Waals surface area (Å²) in [5.74, 6) is 1.55. The Morgan fingerprint density at radius 1 is 1.29 bits per heavy atom. The maximum absolute atomic E-state index is 10.6. The van der Waals surface area contributed by atoms with Gasteiger partial charge in [-0.1, -0.05) is 6.92 Å². The first kappa shape index (κ1) is 17.3. The minimum atomic E-state index is -0.534. The van der Waals surface area contributed by atoms with Gasteiger partial charge in [-0.15, -0.1) is 0 Å². The molecule has 2 N–H and O–H groups in total. The van der Waals surface area contributed by atoms with E-state index in [-0.39, 0.29) is 0 Å². The van der Waals surface area contributed by atoms with Crippen LogP contribution in [0.3, 0.4) is 0 Å². The fourth-order valence-electron chi connectivity index (χ4n) is 2.83. The molecule has 1 fully saturated rings. The lowest BCUT2D eigenvalue weighted by atomic mass is 9.79. The molecule has 1 saturated carbocycles. The lowest BCUT2D eigenvalue weighted by molar-refractivity contribution is -0.00630. The van der Waals surface area contributed by atoms with Crippen molar-refractivity contribution in [2.45, 2.75) is 44.8 Å². The van der Waals surface area contributed by atoms with Crippen molar-refractivity contribution < 1.29 is 9.84 Å². The highest BCUT2D eigenvalue weighted by molar-refractivity contribution is 9.11. The summed E-state index contributed by atoms with van der Waals surface area (Å²) in [6.07, 6.45) is 4.05. The maximum Gasteiger partial charge on any atom is 0.147 e. The number of hydrogen-bond acceptors (Lipinski definition) is 3. The zero-order chi connectivity index (χ0) is 15.5. The van der Waals surface area contributed by atoms with Gasteiger partial charge in [0.15, 0.2) is 0 Å². The van der Waals surface area contributed by atoms with E-state index < -0.39 is 5.60 Å². The molecule has 3 nitrogen and oxygen atoms in total. The number of benzene rings is 1. The second kappa shape index (κ2) is 7.44. The average molecular weight is 421 g/mol. The molecule has 0 radical (unpaired) electrons. The number of aliphatic hydroxyl groups is 1. The second-order valence-electron chi connectivity index (χ2n) is 6.10. The van der Waals surface area contributed by atoms with E-state index in [1.54, 1.807) is 7.11 Å². The highest BCUT2D eigenvalue weighted by atomic mass is 79.9. The van der Waals surface area contributed by atoms with Gasteiger partial charge in [0.1, 0.15) is 5.75 Å². The molecule has 2 rings (SSSR count). The number of nitrogens with one attached hydrogen (secondary N) is 1. The third kappa shape index (κ3) is 4.68. The predicted octanol–water partition coefficient (Wildman–Crippen LogP) is 4.25. The van der Waals surface area contributed by atoms with E-state index in [1.165, 1.54) is 0 Å². The maximum atomic E-state index is 10.6. The Bertz CT molecular complexity index is 462. The van der Waals surface area contributed by atoms with Gasteiger partial charge in [-0.3, -0.25) is 0 Å². The Hall–Kier alpha value is -0.100. The number of halogens is 2. The molecule has 0 aromatic heterocycles. The van der Waals surface area contributed by atoms with Gasteiger partial charge in [-0.25, -0.2) is 0 Å².